The van der Waals surface area contributed by atoms with Crippen molar-refractivity contribution in [3.8, 4) is 6.07 Å². The first kappa shape index (κ1) is 12.1. The molecule has 90 valence electrons. The molecule has 1 fully saturated rings. The Labute approximate surface area is 101 Å². The summed E-state index contributed by atoms with van der Waals surface area (Å²) in [5.74, 6) is -0.389. The quantitative estimate of drug-likeness (QED) is 0.860. The zero-order valence-electron chi connectivity index (χ0n) is 9.50. The van der Waals surface area contributed by atoms with Gasteiger partial charge in [0.25, 0.3) is 0 Å². The number of nitrogens with zero attached hydrogens (tertiary/aromatic N) is 1. The molecule has 5 heteroatoms. The minimum Gasteiger partial charge on any atom is -0.312 e. The van der Waals surface area contributed by atoms with Crippen molar-refractivity contribution >= 4 is 9.84 Å². The fourth-order valence-electron chi connectivity index (χ4n) is 2.30. The highest BCUT2D eigenvalue weighted by molar-refractivity contribution is 7.92. The summed E-state index contributed by atoms with van der Waals surface area (Å²) < 4.78 is 23.8. The normalized spacial score (nSPS) is 31.8. The molecule has 1 aromatic rings. The van der Waals surface area contributed by atoms with E-state index in [1.54, 1.807) is 6.92 Å². The lowest BCUT2D eigenvalue weighted by molar-refractivity contribution is 0.593. The van der Waals surface area contributed by atoms with Gasteiger partial charge in [-0.2, -0.15) is 5.26 Å². The minimum atomic E-state index is -3.29. The second-order valence-corrected chi connectivity index (χ2v) is 6.72. The van der Waals surface area contributed by atoms with Crippen LogP contribution in [0.5, 0.6) is 0 Å². The summed E-state index contributed by atoms with van der Waals surface area (Å²) in [5, 5.41) is 8.32. The van der Waals surface area contributed by atoms with Crippen molar-refractivity contribution in [2.75, 3.05) is 5.75 Å². The third-order valence-electron chi connectivity index (χ3n) is 3.32. The molecule has 2 rings (SSSR count). The Bertz CT molecular complexity index is 562. The van der Waals surface area contributed by atoms with E-state index in [1.807, 2.05) is 36.4 Å². The van der Waals surface area contributed by atoms with Crippen molar-refractivity contribution in [2.24, 2.45) is 5.73 Å². The van der Waals surface area contributed by atoms with Gasteiger partial charge in [0, 0.05) is 11.7 Å². The number of rotatable bonds is 3. The van der Waals surface area contributed by atoms with Gasteiger partial charge in [0.15, 0.2) is 9.84 Å². The van der Waals surface area contributed by atoms with Crippen molar-refractivity contribution in [2.45, 2.75) is 23.6 Å². The zero-order valence-corrected chi connectivity index (χ0v) is 10.3. The first-order chi connectivity index (χ1) is 7.97. The molecule has 1 aromatic carbocycles. The van der Waals surface area contributed by atoms with E-state index in [2.05, 4.69) is 0 Å². The fraction of sp³-hybridized carbons (Fsp3) is 0.417. The van der Waals surface area contributed by atoms with Gasteiger partial charge in [-0.1, -0.05) is 37.3 Å². The fourth-order valence-corrected chi connectivity index (χ4v) is 4.17. The van der Waals surface area contributed by atoms with Gasteiger partial charge in [-0.15, -0.1) is 0 Å². The molecule has 0 heterocycles. The Morgan fingerprint density at radius 2 is 2.00 bits per heavy atom. The summed E-state index contributed by atoms with van der Waals surface area (Å²) in [4.78, 5) is 0. The molecular weight excluding hydrogens is 236 g/mol. The van der Waals surface area contributed by atoms with Gasteiger partial charge in [0.2, 0.25) is 0 Å². The maximum absolute atomic E-state index is 11.9. The van der Waals surface area contributed by atoms with E-state index in [0.717, 1.165) is 5.56 Å². The predicted molar refractivity (Wildman–Crippen MR) is 65.0 cm³/mol. The Balaban J connectivity index is 2.42. The average molecular weight is 250 g/mol. The Morgan fingerprint density at radius 3 is 2.47 bits per heavy atom. The highest BCUT2D eigenvalue weighted by atomic mass is 32.2. The van der Waals surface area contributed by atoms with Crippen LogP contribution in [0.1, 0.15) is 18.4 Å². The van der Waals surface area contributed by atoms with Crippen molar-refractivity contribution in [3.63, 3.8) is 0 Å². The Morgan fingerprint density at radius 1 is 1.41 bits per heavy atom. The third-order valence-corrected chi connectivity index (χ3v) is 5.56. The molecule has 0 aliphatic heterocycles. The second kappa shape index (κ2) is 3.83. The molecule has 1 aliphatic carbocycles. The van der Waals surface area contributed by atoms with Gasteiger partial charge in [-0.3, -0.25) is 0 Å². The molecule has 4 nitrogen and oxygen atoms in total. The van der Waals surface area contributed by atoms with E-state index in [0.29, 0.717) is 0 Å². The highest BCUT2D eigenvalue weighted by Gasteiger charge is 2.69. The van der Waals surface area contributed by atoms with E-state index in [-0.39, 0.29) is 5.75 Å². The first-order valence-corrected chi connectivity index (χ1v) is 7.15. The van der Waals surface area contributed by atoms with Crippen LogP contribution in [0.4, 0.5) is 0 Å². The molecule has 1 saturated carbocycles. The van der Waals surface area contributed by atoms with Crippen LogP contribution in [-0.4, -0.2) is 25.0 Å². The highest BCUT2D eigenvalue weighted by Crippen LogP contribution is 2.53. The van der Waals surface area contributed by atoms with E-state index in [9.17, 15) is 8.42 Å². The molecule has 0 bridgehead atoms. The lowest BCUT2D eigenvalue weighted by atomic mass is 10.1. The zero-order chi connectivity index (χ0) is 12.7. The third kappa shape index (κ3) is 1.74. The molecule has 0 unspecified atom stereocenters. The molecule has 0 spiro atoms. The summed E-state index contributed by atoms with van der Waals surface area (Å²) in [7, 11) is -3.29. The Hall–Kier alpha value is -1.38. The van der Waals surface area contributed by atoms with Crippen LogP contribution in [0.3, 0.4) is 0 Å². The van der Waals surface area contributed by atoms with Crippen molar-refractivity contribution in [3.05, 3.63) is 35.9 Å². The van der Waals surface area contributed by atoms with Crippen molar-refractivity contribution < 1.29 is 8.42 Å². The van der Waals surface area contributed by atoms with Crippen LogP contribution < -0.4 is 5.73 Å². The standard InChI is InChI=1S/C12H14N2O2S/c1-2-17(15,16)11-10(12(11,14)8-13)9-6-4-3-5-7-9/h3-7,10-11H,2,14H2,1H3/t10-,11+,12+/m1/s1. The molecular formula is C12H14N2O2S. The van der Waals surface area contributed by atoms with Crippen LogP contribution in [-0.2, 0) is 9.84 Å². The van der Waals surface area contributed by atoms with Crippen LogP contribution in [0, 0.1) is 11.3 Å². The predicted octanol–water partition coefficient (Wildman–Crippen LogP) is 0.808. The minimum absolute atomic E-state index is 0.0155. The van der Waals surface area contributed by atoms with E-state index < -0.39 is 26.5 Å². The molecule has 0 saturated heterocycles. The number of benzene rings is 1. The number of nitrogens with two attached hydrogens (primary N) is 1. The summed E-state index contributed by atoms with van der Waals surface area (Å²) >= 11 is 0. The van der Waals surface area contributed by atoms with Crippen LogP contribution >= 0.6 is 0 Å². The number of nitriles is 1. The summed E-state index contributed by atoms with van der Waals surface area (Å²) in [6.45, 7) is 1.58. The first-order valence-electron chi connectivity index (χ1n) is 5.44. The van der Waals surface area contributed by atoms with Gasteiger partial charge in [0.05, 0.1) is 6.07 Å². The summed E-state index contributed by atoms with van der Waals surface area (Å²) in [6, 6.07) is 11.1. The van der Waals surface area contributed by atoms with E-state index >= 15 is 0 Å². The molecule has 2 N–H and O–H groups in total. The lowest BCUT2D eigenvalue weighted by Gasteiger charge is -1.99. The van der Waals surface area contributed by atoms with Crippen molar-refractivity contribution in [1.29, 1.82) is 5.26 Å². The van der Waals surface area contributed by atoms with Gasteiger partial charge in [-0.25, -0.2) is 8.42 Å². The lowest BCUT2D eigenvalue weighted by Crippen LogP contribution is -2.29. The Kier molecular flexibility index (Phi) is 2.72. The molecule has 0 aromatic heterocycles. The van der Waals surface area contributed by atoms with Gasteiger partial charge in [-0.05, 0) is 5.56 Å². The molecule has 1 aliphatic rings. The molecule has 3 atom stereocenters. The maximum atomic E-state index is 11.9. The van der Waals surface area contributed by atoms with Crippen LogP contribution in [0.25, 0.3) is 0 Å². The SMILES string of the molecule is CCS(=O)(=O)[C@H]1[C@@H](c2ccccc2)[C@@]1(N)C#N. The molecule has 17 heavy (non-hydrogen) atoms. The maximum Gasteiger partial charge on any atom is 0.156 e. The van der Waals surface area contributed by atoms with Crippen LogP contribution in [0.2, 0.25) is 0 Å². The topological polar surface area (TPSA) is 83.9 Å². The van der Waals surface area contributed by atoms with Crippen LogP contribution in [0.15, 0.2) is 30.3 Å². The summed E-state index contributed by atoms with van der Waals surface area (Å²) in [6.07, 6.45) is 0. The number of hydrogen-bond acceptors (Lipinski definition) is 4. The monoisotopic (exact) mass is 250 g/mol. The number of sulfone groups is 1. The van der Waals surface area contributed by atoms with Gasteiger partial charge < -0.3 is 5.73 Å². The molecule has 0 amide bonds. The van der Waals surface area contributed by atoms with E-state index in [4.69, 9.17) is 11.0 Å². The van der Waals surface area contributed by atoms with Gasteiger partial charge in [0.1, 0.15) is 10.8 Å². The largest absolute Gasteiger partial charge is 0.312 e. The second-order valence-electron chi connectivity index (χ2n) is 4.31. The summed E-state index contributed by atoms with van der Waals surface area (Å²) in [5.41, 5.74) is 5.44. The van der Waals surface area contributed by atoms with E-state index in [1.165, 1.54) is 0 Å². The molecule has 0 radical (unpaired) electrons. The van der Waals surface area contributed by atoms with Crippen molar-refractivity contribution in [1.82, 2.24) is 0 Å². The smallest absolute Gasteiger partial charge is 0.156 e. The number of hydrogen-bond donors (Lipinski definition) is 1. The average Bonchev–Trinajstić information content (AvgIpc) is 2.99. The van der Waals surface area contributed by atoms with Gasteiger partial charge >= 0.3 is 0 Å².